The molecule has 6 heteroatoms. The van der Waals surface area contributed by atoms with Crippen LogP contribution in [0, 0.1) is 6.92 Å². The van der Waals surface area contributed by atoms with Crippen LogP contribution in [0.5, 0.6) is 0 Å². The average molecular weight is 370 g/mol. The largest absolute Gasteiger partial charge is 0.383 e. The lowest BCUT2D eigenvalue weighted by atomic mass is 10.1. The predicted octanol–water partition coefficient (Wildman–Crippen LogP) is 2.11. The van der Waals surface area contributed by atoms with Gasteiger partial charge in [-0.1, -0.05) is 29.8 Å². The molecule has 1 fully saturated rings. The van der Waals surface area contributed by atoms with Gasteiger partial charge in [0.25, 0.3) is 0 Å². The van der Waals surface area contributed by atoms with Gasteiger partial charge in [0.2, 0.25) is 5.91 Å². The Labute approximate surface area is 161 Å². The minimum atomic E-state index is 0.224. The van der Waals surface area contributed by atoms with E-state index in [0.717, 1.165) is 57.1 Å². The number of hydrogen-bond donors (Lipinski definition) is 0. The Kier molecular flexibility index (Phi) is 7.01. The fourth-order valence-corrected chi connectivity index (χ4v) is 3.46. The summed E-state index contributed by atoms with van der Waals surface area (Å²) in [5.74, 6) is 1.29. The molecule has 0 N–H and O–H groups in total. The van der Waals surface area contributed by atoms with E-state index in [-0.39, 0.29) is 5.91 Å². The second-order valence-corrected chi connectivity index (χ2v) is 7.20. The van der Waals surface area contributed by atoms with E-state index in [2.05, 4.69) is 45.6 Å². The smallest absolute Gasteiger partial charge is 0.227 e. The van der Waals surface area contributed by atoms with Crippen molar-refractivity contribution in [1.29, 1.82) is 0 Å². The molecular weight excluding hydrogens is 340 g/mol. The van der Waals surface area contributed by atoms with Gasteiger partial charge in [-0.25, -0.2) is 4.98 Å². The SMILES string of the molecule is COCCn1ccnc1CN1CCCN(C(=O)Cc2ccc(C)cc2)CC1. The summed E-state index contributed by atoms with van der Waals surface area (Å²) in [5.41, 5.74) is 2.31. The first-order valence-corrected chi connectivity index (χ1v) is 9.70. The molecule has 1 saturated heterocycles. The highest BCUT2D eigenvalue weighted by molar-refractivity contribution is 5.78. The van der Waals surface area contributed by atoms with Crippen LogP contribution in [0.3, 0.4) is 0 Å². The van der Waals surface area contributed by atoms with Crippen LogP contribution in [0.25, 0.3) is 0 Å². The summed E-state index contributed by atoms with van der Waals surface area (Å²) in [6, 6.07) is 8.24. The molecule has 3 rings (SSSR count). The van der Waals surface area contributed by atoms with Crippen molar-refractivity contribution in [3.8, 4) is 0 Å². The molecule has 6 nitrogen and oxygen atoms in total. The highest BCUT2D eigenvalue weighted by Gasteiger charge is 2.20. The Morgan fingerprint density at radius 2 is 1.96 bits per heavy atom. The minimum Gasteiger partial charge on any atom is -0.383 e. The van der Waals surface area contributed by atoms with Gasteiger partial charge < -0.3 is 14.2 Å². The molecule has 2 heterocycles. The first kappa shape index (κ1) is 19.6. The highest BCUT2D eigenvalue weighted by atomic mass is 16.5. The topological polar surface area (TPSA) is 50.6 Å². The van der Waals surface area contributed by atoms with Crippen molar-refractivity contribution in [2.24, 2.45) is 0 Å². The zero-order valence-electron chi connectivity index (χ0n) is 16.4. The normalized spacial score (nSPS) is 15.7. The Morgan fingerprint density at radius 1 is 1.15 bits per heavy atom. The van der Waals surface area contributed by atoms with E-state index in [1.807, 2.05) is 17.3 Å². The summed E-state index contributed by atoms with van der Waals surface area (Å²) in [4.78, 5) is 21.6. The molecule has 1 aliphatic rings. The van der Waals surface area contributed by atoms with Crippen molar-refractivity contribution in [2.45, 2.75) is 32.9 Å². The van der Waals surface area contributed by atoms with Gasteiger partial charge in [0.05, 0.1) is 19.6 Å². The maximum absolute atomic E-state index is 12.7. The molecule has 146 valence electrons. The van der Waals surface area contributed by atoms with Gasteiger partial charge in [-0.2, -0.15) is 0 Å². The molecule has 27 heavy (non-hydrogen) atoms. The number of nitrogens with zero attached hydrogens (tertiary/aromatic N) is 4. The van der Waals surface area contributed by atoms with Crippen LogP contribution in [0.15, 0.2) is 36.7 Å². The Bertz CT molecular complexity index is 726. The lowest BCUT2D eigenvalue weighted by Gasteiger charge is -2.22. The summed E-state index contributed by atoms with van der Waals surface area (Å²) in [6.07, 6.45) is 5.34. The zero-order chi connectivity index (χ0) is 19.1. The number of aromatic nitrogens is 2. The van der Waals surface area contributed by atoms with Crippen molar-refractivity contribution in [3.05, 3.63) is 53.6 Å². The molecule has 0 saturated carbocycles. The van der Waals surface area contributed by atoms with Crippen LogP contribution >= 0.6 is 0 Å². The fraction of sp³-hybridized carbons (Fsp3) is 0.524. The predicted molar refractivity (Wildman–Crippen MR) is 105 cm³/mol. The molecular formula is C21H30N4O2. The third-order valence-corrected chi connectivity index (χ3v) is 5.12. The molecule has 0 spiro atoms. The Balaban J connectivity index is 1.52. The van der Waals surface area contributed by atoms with Gasteiger partial charge in [-0.15, -0.1) is 0 Å². The van der Waals surface area contributed by atoms with E-state index in [4.69, 9.17) is 4.74 Å². The molecule has 0 aliphatic carbocycles. The van der Waals surface area contributed by atoms with Crippen LogP contribution in [0.4, 0.5) is 0 Å². The lowest BCUT2D eigenvalue weighted by Crippen LogP contribution is -2.36. The van der Waals surface area contributed by atoms with Crippen molar-refractivity contribution >= 4 is 5.91 Å². The number of carbonyl (C=O) groups is 1. The number of methoxy groups -OCH3 is 1. The number of amides is 1. The van der Waals surface area contributed by atoms with E-state index in [1.54, 1.807) is 7.11 Å². The van der Waals surface area contributed by atoms with Gasteiger partial charge in [0, 0.05) is 52.2 Å². The van der Waals surface area contributed by atoms with E-state index in [9.17, 15) is 4.79 Å². The van der Waals surface area contributed by atoms with Crippen LogP contribution in [0.1, 0.15) is 23.4 Å². The lowest BCUT2D eigenvalue weighted by molar-refractivity contribution is -0.130. The van der Waals surface area contributed by atoms with Crippen molar-refractivity contribution in [1.82, 2.24) is 19.4 Å². The maximum Gasteiger partial charge on any atom is 0.227 e. The number of ether oxygens (including phenoxy) is 1. The van der Waals surface area contributed by atoms with E-state index < -0.39 is 0 Å². The molecule has 1 amide bonds. The second kappa shape index (κ2) is 9.67. The van der Waals surface area contributed by atoms with Crippen LogP contribution in [-0.4, -0.2) is 65.2 Å². The maximum atomic E-state index is 12.7. The summed E-state index contributed by atoms with van der Waals surface area (Å²) in [5, 5.41) is 0. The fourth-order valence-electron chi connectivity index (χ4n) is 3.46. The number of carbonyl (C=O) groups excluding carboxylic acids is 1. The van der Waals surface area contributed by atoms with Crippen molar-refractivity contribution in [3.63, 3.8) is 0 Å². The van der Waals surface area contributed by atoms with Gasteiger partial charge in [0.15, 0.2) is 0 Å². The van der Waals surface area contributed by atoms with E-state index >= 15 is 0 Å². The molecule has 0 radical (unpaired) electrons. The van der Waals surface area contributed by atoms with Crippen molar-refractivity contribution in [2.75, 3.05) is 39.9 Å². The van der Waals surface area contributed by atoms with Crippen LogP contribution < -0.4 is 0 Å². The van der Waals surface area contributed by atoms with Gasteiger partial charge in [-0.05, 0) is 18.9 Å². The monoisotopic (exact) mass is 370 g/mol. The second-order valence-electron chi connectivity index (χ2n) is 7.20. The Morgan fingerprint density at radius 3 is 2.74 bits per heavy atom. The van der Waals surface area contributed by atoms with E-state index in [1.165, 1.54) is 5.56 Å². The number of aryl methyl sites for hydroxylation is 1. The molecule has 2 aromatic rings. The number of rotatable bonds is 7. The van der Waals surface area contributed by atoms with Crippen LogP contribution in [-0.2, 0) is 29.0 Å². The first-order valence-electron chi connectivity index (χ1n) is 9.70. The van der Waals surface area contributed by atoms with Crippen LogP contribution in [0.2, 0.25) is 0 Å². The molecule has 1 aromatic carbocycles. The summed E-state index contributed by atoms with van der Waals surface area (Å²) < 4.78 is 7.32. The van der Waals surface area contributed by atoms with Gasteiger partial charge in [-0.3, -0.25) is 9.69 Å². The molecule has 1 aliphatic heterocycles. The molecule has 0 bridgehead atoms. The highest BCUT2D eigenvalue weighted by Crippen LogP contribution is 2.11. The van der Waals surface area contributed by atoms with Gasteiger partial charge >= 0.3 is 0 Å². The van der Waals surface area contributed by atoms with E-state index in [0.29, 0.717) is 13.0 Å². The summed E-state index contributed by atoms with van der Waals surface area (Å²) in [7, 11) is 1.72. The standard InChI is InChI=1S/C21H30N4O2/c1-18-4-6-19(7-5-18)16-21(26)25-10-3-9-23(12-13-25)17-20-22-8-11-24(20)14-15-27-2/h4-8,11H,3,9-10,12-17H2,1-2H3. The quantitative estimate of drug-likeness (QED) is 0.749. The zero-order valence-corrected chi connectivity index (χ0v) is 16.4. The first-order chi connectivity index (χ1) is 13.2. The molecule has 0 atom stereocenters. The van der Waals surface area contributed by atoms with Crippen molar-refractivity contribution < 1.29 is 9.53 Å². The molecule has 0 unspecified atom stereocenters. The summed E-state index contributed by atoms with van der Waals surface area (Å²) >= 11 is 0. The minimum absolute atomic E-state index is 0.224. The third-order valence-electron chi connectivity index (χ3n) is 5.12. The van der Waals surface area contributed by atoms with Gasteiger partial charge in [0.1, 0.15) is 5.82 Å². The number of hydrogen-bond acceptors (Lipinski definition) is 4. The summed E-state index contributed by atoms with van der Waals surface area (Å²) in [6.45, 7) is 7.88. The number of imidazole rings is 1. The molecule has 1 aromatic heterocycles. The number of benzene rings is 1. The average Bonchev–Trinajstić information content (AvgIpc) is 2.96. The Hall–Kier alpha value is -2.18. The third kappa shape index (κ3) is 5.65.